The van der Waals surface area contributed by atoms with Crippen LogP contribution >= 0.6 is 0 Å². The van der Waals surface area contributed by atoms with Crippen LogP contribution in [-0.2, 0) is 0 Å². The number of nitrogens with one attached hydrogen (secondary N) is 2. The average Bonchev–Trinajstić information content (AvgIpc) is 2.48. The summed E-state index contributed by atoms with van der Waals surface area (Å²) < 4.78 is 0. The molecule has 1 unspecified atom stereocenters. The van der Waals surface area contributed by atoms with Gasteiger partial charge < -0.3 is 10.6 Å². The highest BCUT2D eigenvalue weighted by molar-refractivity contribution is 5.99. The van der Waals surface area contributed by atoms with Crippen LogP contribution in [0, 0.1) is 0 Å². The molecule has 1 amide bonds. The van der Waals surface area contributed by atoms with Crippen molar-refractivity contribution in [3.8, 4) is 0 Å². The van der Waals surface area contributed by atoms with Gasteiger partial charge in [-0.25, -0.2) is 0 Å². The standard InChI is InChI=1S/C17H26N2O/c1-3-13(2)18-16-12-8-7-11-15(16)17(20)19-14-9-5-4-6-10-14/h7-8,11-14,18H,3-6,9-10H2,1-2H3,(H,19,20). The highest BCUT2D eigenvalue weighted by Crippen LogP contribution is 2.20. The molecule has 2 N–H and O–H groups in total. The van der Waals surface area contributed by atoms with Gasteiger partial charge in [-0.15, -0.1) is 0 Å². The lowest BCUT2D eigenvalue weighted by atomic mass is 9.95. The second kappa shape index (κ2) is 7.32. The van der Waals surface area contributed by atoms with Crippen LogP contribution in [0.5, 0.6) is 0 Å². The van der Waals surface area contributed by atoms with Crippen LogP contribution in [0.4, 0.5) is 5.69 Å². The Morgan fingerprint density at radius 3 is 2.65 bits per heavy atom. The van der Waals surface area contributed by atoms with Crippen molar-refractivity contribution < 1.29 is 4.79 Å². The summed E-state index contributed by atoms with van der Waals surface area (Å²) in [5.74, 6) is 0.0586. The van der Waals surface area contributed by atoms with E-state index in [9.17, 15) is 4.79 Å². The Morgan fingerprint density at radius 2 is 1.95 bits per heavy atom. The Bertz CT molecular complexity index is 438. The maximum Gasteiger partial charge on any atom is 0.253 e. The van der Waals surface area contributed by atoms with Crippen molar-refractivity contribution in [2.24, 2.45) is 0 Å². The Balaban J connectivity index is 2.04. The lowest BCUT2D eigenvalue weighted by Crippen LogP contribution is -2.36. The van der Waals surface area contributed by atoms with Gasteiger partial charge in [-0.2, -0.15) is 0 Å². The predicted molar refractivity (Wildman–Crippen MR) is 84.2 cm³/mol. The molecule has 0 spiro atoms. The largest absolute Gasteiger partial charge is 0.382 e. The van der Waals surface area contributed by atoms with Gasteiger partial charge >= 0.3 is 0 Å². The van der Waals surface area contributed by atoms with Crippen LogP contribution in [0.1, 0.15) is 62.7 Å². The van der Waals surface area contributed by atoms with Gasteiger partial charge in [-0.1, -0.05) is 38.3 Å². The van der Waals surface area contributed by atoms with Crippen molar-refractivity contribution in [1.82, 2.24) is 5.32 Å². The van der Waals surface area contributed by atoms with Crippen molar-refractivity contribution in [2.45, 2.75) is 64.5 Å². The Hall–Kier alpha value is -1.51. The maximum absolute atomic E-state index is 12.5. The molecule has 20 heavy (non-hydrogen) atoms. The molecule has 0 bridgehead atoms. The second-order valence-electron chi connectivity index (χ2n) is 5.81. The van der Waals surface area contributed by atoms with Crippen molar-refractivity contribution in [1.29, 1.82) is 0 Å². The van der Waals surface area contributed by atoms with Gasteiger partial charge in [0.2, 0.25) is 0 Å². The summed E-state index contributed by atoms with van der Waals surface area (Å²) in [6, 6.07) is 8.52. The molecule has 1 aliphatic carbocycles. The quantitative estimate of drug-likeness (QED) is 0.853. The Labute approximate surface area is 122 Å². The molecule has 1 atom stereocenters. The minimum Gasteiger partial charge on any atom is -0.382 e. The maximum atomic E-state index is 12.5. The number of para-hydroxylation sites is 1. The third-order valence-electron chi connectivity index (χ3n) is 4.13. The van der Waals surface area contributed by atoms with Crippen LogP contribution in [0.3, 0.4) is 0 Å². The number of carbonyl (C=O) groups excluding carboxylic acids is 1. The lowest BCUT2D eigenvalue weighted by Gasteiger charge is -2.24. The van der Waals surface area contributed by atoms with Gasteiger partial charge in [0.25, 0.3) is 5.91 Å². The molecule has 1 saturated carbocycles. The van der Waals surface area contributed by atoms with Gasteiger partial charge in [0.1, 0.15) is 0 Å². The molecule has 3 nitrogen and oxygen atoms in total. The van der Waals surface area contributed by atoms with E-state index in [0.29, 0.717) is 12.1 Å². The minimum absolute atomic E-state index is 0.0586. The van der Waals surface area contributed by atoms with Crippen LogP contribution < -0.4 is 10.6 Å². The fourth-order valence-corrected chi connectivity index (χ4v) is 2.68. The minimum atomic E-state index is 0.0586. The normalized spacial score (nSPS) is 17.5. The van der Waals surface area contributed by atoms with Gasteiger partial charge in [0.15, 0.2) is 0 Å². The van der Waals surface area contributed by atoms with E-state index in [1.54, 1.807) is 0 Å². The number of rotatable bonds is 5. The van der Waals surface area contributed by atoms with Crippen molar-refractivity contribution >= 4 is 11.6 Å². The summed E-state index contributed by atoms with van der Waals surface area (Å²) in [4.78, 5) is 12.5. The zero-order chi connectivity index (χ0) is 14.4. The molecule has 1 fully saturated rings. The van der Waals surface area contributed by atoms with Gasteiger partial charge in [0, 0.05) is 17.8 Å². The van der Waals surface area contributed by atoms with Crippen molar-refractivity contribution in [2.75, 3.05) is 5.32 Å². The van der Waals surface area contributed by atoms with Gasteiger partial charge in [-0.05, 0) is 38.3 Å². The van der Waals surface area contributed by atoms with E-state index in [1.165, 1.54) is 19.3 Å². The molecule has 0 aromatic heterocycles. The number of carbonyl (C=O) groups is 1. The first-order chi connectivity index (χ1) is 9.70. The number of anilines is 1. The highest BCUT2D eigenvalue weighted by Gasteiger charge is 2.18. The fourth-order valence-electron chi connectivity index (χ4n) is 2.68. The van der Waals surface area contributed by atoms with Crippen LogP contribution in [-0.4, -0.2) is 18.0 Å². The van der Waals surface area contributed by atoms with Crippen molar-refractivity contribution in [3.63, 3.8) is 0 Å². The molecule has 0 heterocycles. The third-order valence-corrected chi connectivity index (χ3v) is 4.13. The zero-order valence-corrected chi connectivity index (χ0v) is 12.6. The number of benzene rings is 1. The SMILES string of the molecule is CCC(C)Nc1ccccc1C(=O)NC1CCCCC1. The van der Waals surface area contributed by atoms with E-state index < -0.39 is 0 Å². The van der Waals surface area contributed by atoms with Gasteiger partial charge in [0.05, 0.1) is 5.56 Å². The molecular formula is C17H26N2O. The second-order valence-corrected chi connectivity index (χ2v) is 5.81. The van der Waals surface area contributed by atoms with E-state index in [1.807, 2.05) is 24.3 Å². The summed E-state index contributed by atoms with van der Waals surface area (Å²) in [6.07, 6.45) is 7.05. The van der Waals surface area contributed by atoms with Crippen LogP contribution in [0.25, 0.3) is 0 Å². The number of amides is 1. The van der Waals surface area contributed by atoms with E-state index in [2.05, 4.69) is 24.5 Å². The molecule has 110 valence electrons. The van der Waals surface area contributed by atoms with Crippen LogP contribution in [0.15, 0.2) is 24.3 Å². The third kappa shape index (κ3) is 3.99. The molecular weight excluding hydrogens is 248 g/mol. The fraction of sp³-hybridized carbons (Fsp3) is 0.588. The van der Waals surface area contributed by atoms with E-state index in [4.69, 9.17) is 0 Å². The molecule has 0 saturated heterocycles. The summed E-state index contributed by atoms with van der Waals surface area (Å²) in [5.41, 5.74) is 1.70. The molecule has 3 heteroatoms. The van der Waals surface area contributed by atoms with Crippen LogP contribution in [0.2, 0.25) is 0 Å². The first-order valence-electron chi connectivity index (χ1n) is 7.87. The van der Waals surface area contributed by atoms with E-state index in [-0.39, 0.29) is 5.91 Å². The molecule has 0 radical (unpaired) electrons. The predicted octanol–water partition coefficient (Wildman–Crippen LogP) is 3.96. The lowest BCUT2D eigenvalue weighted by molar-refractivity contribution is 0.0928. The first-order valence-corrected chi connectivity index (χ1v) is 7.87. The monoisotopic (exact) mass is 274 g/mol. The Kier molecular flexibility index (Phi) is 5.45. The molecule has 2 rings (SSSR count). The first kappa shape index (κ1) is 14.9. The Morgan fingerprint density at radius 1 is 1.25 bits per heavy atom. The topological polar surface area (TPSA) is 41.1 Å². The highest BCUT2D eigenvalue weighted by atomic mass is 16.1. The molecule has 0 aliphatic heterocycles. The number of hydrogen-bond donors (Lipinski definition) is 2. The summed E-state index contributed by atoms with van der Waals surface area (Å²) >= 11 is 0. The average molecular weight is 274 g/mol. The number of hydrogen-bond acceptors (Lipinski definition) is 2. The van der Waals surface area contributed by atoms with E-state index in [0.717, 1.165) is 30.5 Å². The summed E-state index contributed by atoms with van der Waals surface area (Å²) in [5, 5.41) is 6.61. The van der Waals surface area contributed by atoms with Gasteiger partial charge in [-0.3, -0.25) is 4.79 Å². The smallest absolute Gasteiger partial charge is 0.253 e. The molecule has 1 aliphatic rings. The molecule has 1 aromatic rings. The summed E-state index contributed by atoms with van der Waals surface area (Å²) in [6.45, 7) is 4.28. The zero-order valence-electron chi connectivity index (χ0n) is 12.6. The summed E-state index contributed by atoms with van der Waals surface area (Å²) in [7, 11) is 0. The molecule has 1 aromatic carbocycles. The van der Waals surface area contributed by atoms with E-state index >= 15 is 0 Å². The van der Waals surface area contributed by atoms with Crippen molar-refractivity contribution in [3.05, 3.63) is 29.8 Å².